The van der Waals surface area contributed by atoms with Crippen molar-refractivity contribution in [2.75, 3.05) is 32.7 Å². The highest BCUT2D eigenvalue weighted by atomic mass is 32.2. The Morgan fingerprint density at radius 1 is 1.23 bits per heavy atom. The first-order valence-corrected chi connectivity index (χ1v) is 8.01. The molecular weight excluding hydrogens is 306 g/mol. The van der Waals surface area contributed by atoms with Crippen LogP contribution in [0.25, 0.3) is 0 Å². The molecule has 0 saturated carbocycles. The Labute approximate surface area is 132 Å². The van der Waals surface area contributed by atoms with Crippen molar-refractivity contribution in [2.45, 2.75) is 24.8 Å². The van der Waals surface area contributed by atoms with Crippen molar-refractivity contribution in [3.63, 3.8) is 0 Å². The molecule has 0 N–H and O–H groups in total. The molecule has 0 aromatic heterocycles. The average Bonchev–Trinajstić information content (AvgIpc) is 2.44. The lowest BCUT2D eigenvalue weighted by atomic mass is 10.2. The predicted molar refractivity (Wildman–Crippen MR) is 85.1 cm³/mol. The van der Waals surface area contributed by atoms with Gasteiger partial charge in [-0.2, -0.15) is 8.42 Å². The number of benzene rings is 1. The van der Waals surface area contributed by atoms with E-state index in [0.29, 0.717) is 12.2 Å². The molecule has 0 heterocycles. The van der Waals surface area contributed by atoms with Gasteiger partial charge in [0.15, 0.2) is 4.90 Å². The zero-order chi connectivity index (χ0) is 16.9. The first kappa shape index (κ1) is 18.1. The minimum atomic E-state index is -4.01. The maximum absolute atomic E-state index is 12.4. The highest BCUT2D eigenvalue weighted by Gasteiger charge is 2.28. The number of hydrogen-bond donors (Lipinski definition) is 0. The van der Waals surface area contributed by atoms with Gasteiger partial charge in [-0.1, -0.05) is 5.92 Å². The van der Waals surface area contributed by atoms with Crippen LogP contribution in [0, 0.1) is 12.3 Å². The van der Waals surface area contributed by atoms with Crippen LogP contribution in [0.15, 0.2) is 17.0 Å². The van der Waals surface area contributed by atoms with Gasteiger partial charge in [0, 0.05) is 24.9 Å². The van der Waals surface area contributed by atoms with Crippen LogP contribution in [0.1, 0.15) is 13.8 Å². The Morgan fingerprint density at radius 3 is 2.09 bits per heavy atom. The van der Waals surface area contributed by atoms with Crippen molar-refractivity contribution < 1.29 is 22.1 Å². The molecule has 22 heavy (non-hydrogen) atoms. The number of anilines is 1. The molecule has 0 atom stereocenters. The van der Waals surface area contributed by atoms with Crippen LogP contribution in [0.5, 0.6) is 11.5 Å². The summed E-state index contributed by atoms with van der Waals surface area (Å²) in [6.45, 7) is 3.62. The normalized spacial score (nSPS) is 11.1. The third-order valence-electron chi connectivity index (χ3n) is 2.78. The van der Waals surface area contributed by atoms with Crippen LogP contribution in [-0.4, -0.2) is 42.3 Å². The Kier molecular flexibility index (Phi) is 6.09. The summed E-state index contributed by atoms with van der Waals surface area (Å²) < 4.78 is 40.2. The van der Waals surface area contributed by atoms with Crippen molar-refractivity contribution in [1.29, 1.82) is 0 Å². The second kappa shape index (κ2) is 7.38. The van der Waals surface area contributed by atoms with Gasteiger partial charge in [0.05, 0.1) is 26.9 Å². The van der Waals surface area contributed by atoms with Gasteiger partial charge in [0.1, 0.15) is 11.5 Å². The van der Waals surface area contributed by atoms with Gasteiger partial charge in [-0.05, 0) is 13.8 Å². The molecule has 0 amide bonds. The van der Waals surface area contributed by atoms with E-state index in [4.69, 9.17) is 20.1 Å². The quantitative estimate of drug-likeness (QED) is 0.563. The standard InChI is InChI=1S/C15H21NO5S/c1-7-8-16(4)12-9-13(19-5)15(14(10-12)20-6)22(17,18)21-11(2)3/h1,9-11H,8H2,2-6H3. The van der Waals surface area contributed by atoms with Crippen molar-refractivity contribution in [3.05, 3.63) is 12.1 Å². The van der Waals surface area contributed by atoms with Crippen LogP contribution in [0.3, 0.4) is 0 Å². The number of nitrogens with zero attached hydrogens (tertiary/aromatic N) is 1. The van der Waals surface area contributed by atoms with Gasteiger partial charge in [-0.25, -0.2) is 0 Å². The fourth-order valence-corrected chi connectivity index (χ4v) is 3.24. The smallest absolute Gasteiger partial charge is 0.304 e. The summed E-state index contributed by atoms with van der Waals surface area (Å²) in [6, 6.07) is 3.16. The van der Waals surface area contributed by atoms with E-state index >= 15 is 0 Å². The first-order chi connectivity index (χ1) is 10.3. The molecule has 0 aliphatic heterocycles. The van der Waals surface area contributed by atoms with E-state index < -0.39 is 16.2 Å². The highest BCUT2D eigenvalue weighted by molar-refractivity contribution is 7.87. The molecule has 0 fully saturated rings. The topological polar surface area (TPSA) is 65.1 Å². The van der Waals surface area contributed by atoms with Crippen LogP contribution in [0.4, 0.5) is 5.69 Å². The summed E-state index contributed by atoms with van der Waals surface area (Å²) in [5.74, 6) is 2.79. The minimum absolute atomic E-state index is 0.135. The summed E-state index contributed by atoms with van der Waals surface area (Å²) in [5.41, 5.74) is 0.676. The summed E-state index contributed by atoms with van der Waals surface area (Å²) in [5, 5.41) is 0. The lowest BCUT2D eigenvalue weighted by molar-refractivity contribution is 0.245. The molecule has 122 valence electrons. The molecule has 6 nitrogen and oxygen atoms in total. The highest BCUT2D eigenvalue weighted by Crippen LogP contribution is 2.38. The molecular formula is C15H21NO5S. The number of rotatable bonds is 7. The van der Waals surface area contributed by atoms with E-state index in [2.05, 4.69) is 5.92 Å². The summed E-state index contributed by atoms with van der Waals surface area (Å²) >= 11 is 0. The molecule has 1 aromatic carbocycles. The van der Waals surface area contributed by atoms with Crippen LogP contribution >= 0.6 is 0 Å². The van der Waals surface area contributed by atoms with Crippen molar-refractivity contribution in [3.8, 4) is 23.8 Å². The van der Waals surface area contributed by atoms with Crippen LogP contribution < -0.4 is 14.4 Å². The van der Waals surface area contributed by atoms with E-state index in [1.54, 1.807) is 37.9 Å². The fraction of sp³-hybridized carbons (Fsp3) is 0.467. The number of ether oxygens (including phenoxy) is 2. The first-order valence-electron chi connectivity index (χ1n) is 6.60. The molecule has 7 heteroatoms. The van der Waals surface area contributed by atoms with E-state index in [-0.39, 0.29) is 16.4 Å². The summed E-state index contributed by atoms with van der Waals surface area (Å²) in [4.78, 5) is 1.63. The summed E-state index contributed by atoms with van der Waals surface area (Å²) in [7, 11) is 0.542. The van der Waals surface area contributed by atoms with E-state index in [0.717, 1.165) is 0 Å². The second-order valence-electron chi connectivity index (χ2n) is 4.84. The van der Waals surface area contributed by atoms with E-state index in [9.17, 15) is 8.42 Å². The van der Waals surface area contributed by atoms with Gasteiger partial charge >= 0.3 is 10.1 Å². The number of terminal acetylenes is 1. The predicted octanol–water partition coefficient (Wildman–Crippen LogP) is 1.89. The Balaban J connectivity index is 3.49. The van der Waals surface area contributed by atoms with Crippen LogP contribution in [0.2, 0.25) is 0 Å². The molecule has 0 bridgehead atoms. The molecule has 0 saturated heterocycles. The van der Waals surface area contributed by atoms with Crippen LogP contribution in [-0.2, 0) is 14.3 Å². The van der Waals surface area contributed by atoms with Crippen molar-refractivity contribution >= 4 is 15.8 Å². The molecule has 0 spiro atoms. The minimum Gasteiger partial charge on any atom is -0.495 e. The Hall–Kier alpha value is -1.91. The lowest BCUT2D eigenvalue weighted by Gasteiger charge is -2.21. The molecule has 1 aromatic rings. The van der Waals surface area contributed by atoms with Gasteiger partial charge in [-0.15, -0.1) is 6.42 Å². The fourth-order valence-electron chi connectivity index (χ4n) is 1.86. The van der Waals surface area contributed by atoms with Gasteiger partial charge in [0.25, 0.3) is 0 Å². The number of methoxy groups -OCH3 is 2. The largest absolute Gasteiger partial charge is 0.495 e. The average molecular weight is 327 g/mol. The Morgan fingerprint density at radius 2 is 1.73 bits per heavy atom. The summed E-state index contributed by atoms with van der Waals surface area (Å²) in [6.07, 6.45) is 4.79. The second-order valence-corrected chi connectivity index (χ2v) is 6.35. The molecule has 0 unspecified atom stereocenters. The van der Waals surface area contributed by atoms with Gasteiger partial charge < -0.3 is 14.4 Å². The third kappa shape index (κ3) is 4.06. The Bertz CT molecular complexity index is 636. The molecule has 0 radical (unpaired) electrons. The van der Waals surface area contributed by atoms with Crippen molar-refractivity contribution in [2.24, 2.45) is 0 Å². The van der Waals surface area contributed by atoms with Crippen molar-refractivity contribution in [1.82, 2.24) is 0 Å². The SMILES string of the molecule is C#CCN(C)c1cc(OC)c(S(=O)(=O)OC(C)C)c(OC)c1. The van der Waals surface area contributed by atoms with E-state index in [1.807, 2.05) is 0 Å². The molecule has 1 rings (SSSR count). The zero-order valence-corrected chi connectivity index (χ0v) is 14.2. The van der Waals surface area contributed by atoms with Gasteiger partial charge in [0.2, 0.25) is 0 Å². The lowest BCUT2D eigenvalue weighted by Crippen LogP contribution is -2.19. The molecule has 0 aliphatic carbocycles. The van der Waals surface area contributed by atoms with E-state index in [1.165, 1.54) is 14.2 Å². The molecule has 0 aliphatic rings. The monoisotopic (exact) mass is 327 g/mol. The maximum atomic E-state index is 12.4. The number of hydrogen-bond acceptors (Lipinski definition) is 6. The maximum Gasteiger partial charge on any atom is 0.304 e. The van der Waals surface area contributed by atoms with Gasteiger partial charge in [-0.3, -0.25) is 4.18 Å². The zero-order valence-electron chi connectivity index (χ0n) is 13.4. The third-order valence-corrected chi connectivity index (χ3v) is 4.32.